The quantitative estimate of drug-likeness (QED) is 0.907. The molecule has 1 aromatic carbocycles. The summed E-state index contributed by atoms with van der Waals surface area (Å²) >= 11 is 0. The topological polar surface area (TPSA) is 40.5 Å². The molecule has 3 nitrogen and oxygen atoms in total. The van der Waals surface area contributed by atoms with E-state index in [2.05, 4.69) is 36.1 Å². The Bertz CT molecular complexity index is 522. The van der Waals surface area contributed by atoms with Crippen molar-refractivity contribution in [1.82, 2.24) is 0 Å². The highest BCUT2D eigenvalue weighted by molar-refractivity contribution is 5.67. The van der Waals surface area contributed by atoms with Gasteiger partial charge in [-0.3, -0.25) is 4.79 Å². The Labute approximate surface area is 133 Å². The van der Waals surface area contributed by atoms with Crippen molar-refractivity contribution in [2.75, 3.05) is 18.0 Å². The van der Waals surface area contributed by atoms with Crippen LogP contribution in [0.3, 0.4) is 0 Å². The Kier molecular flexibility index (Phi) is 4.42. The first-order valence-corrected chi connectivity index (χ1v) is 8.60. The molecule has 0 unspecified atom stereocenters. The minimum absolute atomic E-state index is 0.367. The molecule has 1 heterocycles. The number of carbonyl (C=O) groups is 1. The fraction of sp³-hybridized carbons (Fsp3) is 0.632. The number of carboxylic acid groups (broad SMARTS) is 1. The van der Waals surface area contributed by atoms with Crippen LogP contribution in [-0.2, 0) is 4.79 Å². The maximum atomic E-state index is 10.9. The molecule has 0 bridgehead atoms. The fourth-order valence-corrected chi connectivity index (χ4v) is 4.30. The molecule has 0 atom stereocenters. The van der Waals surface area contributed by atoms with E-state index >= 15 is 0 Å². The van der Waals surface area contributed by atoms with Crippen molar-refractivity contribution >= 4 is 11.7 Å². The average Bonchev–Trinajstić information content (AvgIpc) is 2.50. The number of carboxylic acids is 1. The Morgan fingerprint density at radius 2 is 1.91 bits per heavy atom. The van der Waals surface area contributed by atoms with Crippen LogP contribution in [0.1, 0.15) is 50.5 Å². The van der Waals surface area contributed by atoms with E-state index in [4.69, 9.17) is 5.11 Å². The Hall–Kier alpha value is -1.51. The molecule has 0 amide bonds. The fourth-order valence-electron chi connectivity index (χ4n) is 4.30. The van der Waals surface area contributed by atoms with Gasteiger partial charge in [0.2, 0.25) is 0 Å². The first kappa shape index (κ1) is 15.4. The predicted molar refractivity (Wildman–Crippen MR) is 89.3 cm³/mol. The lowest BCUT2D eigenvalue weighted by Crippen LogP contribution is -2.42. The lowest BCUT2D eigenvalue weighted by atomic mass is 9.65. The molecule has 0 radical (unpaired) electrons. The van der Waals surface area contributed by atoms with Crippen LogP contribution in [0.2, 0.25) is 0 Å². The Morgan fingerprint density at radius 3 is 2.50 bits per heavy atom. The van der Waals surface area contributed by atoms with Crippen LogP contribution in [0.15, 0.2) is 24.3 Å². The highest BCUT2D eigenvalue weighted by atomic mass is 16.4. The number of rotatable bonds is 3. The molecule has 1 aliphatic carbocycles. The van der Waals surface area contributed by atoms with Gasteiger partial charge in [-0.15, -0.1) is 0 Å². The molecule has 1 spiro atoms. The molecule has 1 saturated heterocycles. The molecule has 1 saturated carbocycles. The van der Waals surface area contributed by atoms with Gasteiger partial charge in [0.1, 0.15) is 0 Å². The van der Waals surface area contributed by atoms with Gasteiger partial charge in [-0.25, -0.2) is 0 Å². The van der Waals surface area contributed by atoms with E-state index in [9.17, 15) is 4.79 Å². The number of benzene rings is 1. The van der Waals surface area contributed by atoms with Crippen LogP contribution in [0.5, 0.6) is 0 Å². The zero-order chi connectivity index (χ0) is 15.6. The van der Waals surface area contributed by atoms with E-state index in [-0.39, 0.29) is 0 Å². The summed E-state index contributed by atoms with van der Waals surface area (Å²) in [4.78, 5) is 13.4. The van der Waals surface area contributed by atoms with Gasteiger partial charge in [0.25, 0.3) is 0 Å². The number of aliphatic carboxylic acids is 1. The van der Waals surface area contributed by atoms with Gasteiger partial charge >= 0.3 is 5.97 Å². The number of hydrogen-bond donors (Lipinski definition) is 1. The highest BCUT2D eigenvalue weighted by Gasteiger charge is 2.38. The molecule has 0 aromatic heterocycles. The SMILES string of the molecule is Cc1cccc(N2CCC3(CCC(CC(=O)O)CC3)CC2)c1. The second-order valence-corrected chi connectivity index (χ2v) is 7.37. The van der Waals surface area contributed by atoms with Gasteiger partial charge in [-0.2, -0.15) is 0 Å². The Balaban J connectivity index is 1.55. The molecule has 3 rings (SSSR count). The normalized spacial score (nSPS) is 22.0. The summed E-state index contributed by atoms with van der Waals surface area (Å²) in [5.74, 6) is -0.215. The largest absolute Gasteiger partial charge is 0.481 e. The van der Waals surface area contributed by atoms with Gasteiger partial charge in [0, 0.05) is 25.2 Å². The van der Waals surface area contributed by atoms with Crippen LogP contribution in [-0.4, -0.2) is 24.2 Å². The molecular formula is C19H27NO2. The van der Waals surface area contributed by atoms with E-state index in [1.165, 1.54) is 36.9 Å². The molecule has 1 aromatic rings. The lowest BCUT2D eigenvalue weighted by Gasteiger charge is -2.46. The molecule has 120 valence electrons. The summed E-state index contributed by atoms with van der Waals surface area (Å²) in [6.45, 7) is 4.44. The summed E-state index contributed by atoms with van der Waals surface area (Å²) in [5.41, 5.74) is 3.18. The van der Waals surface area contributed by atoms with Crippen LogP contribution in [0.4, 0.5) is 5.69 Å². The van der Waals surface area contributed by atoms with Crippen molar-refractivity contribution < 1.29 is 9.90 Å². The number of piperidine rings is 1. The van der Waals surface area contributed by atoms with Crippen LogP contribution >= 0.6 is 0 Å². The summed E-state index contributed by atoms with van der Waals surface area (Å²) in [6.07, 6.45) is 7.57. The maximum absolute atomic E-state index is 10.9. The van der Waals surface area contributed by atoms with Crippen molar-refractivity contribution in [2.24, 2.45) is 11.3 Å². The molecule has 1 aliphatic heterocycles. The van der Waals surface area contributed by atoms with E-state index in [1.807, 2.05) is 0 Å². The van der Waals surface area contributed by atoms with E-state index in [0.29, 0.717) is 17.8 Å². The molecular weight excluding hydrogens is 274 g/mol. The van der Waals surface area contributed by atoms with E-state index < -0.39 is 5.97 Å². The van der Waals surface area contributed by atoms with E-state index in [0.717, 1.165) is 25.9 Å². The Morgan fingerprint density at radius 1 is 1.23 bits per heavy atom. The number of hydrogen-bond acceptors (Lipinski definition) is 2. The molecule has 3 heteroatoms. The molecule has 22 heavy (non-hydrogen) atoms. The van der Waals surface area contributed by atoms with Gasteiger partial charge in [-0.1, -0.05) is 12.1 Å². The van der Waals surface area contributed by atoms with Gasteiger partial charge < -0.3 is 10.0 Å². The number of aryl methyl sites for hydroxylation is 1. The van der Waals surface area contributed by atoms with Crippen LogP contribution in [0.25, 0.3) is 0 Å². The third-order valence-corrected chi connectivity index (χ3v) is 5.82. The summed E-state index contributed by atoms with van der Waals surface area (Å²) < 4.78 is 0. The minimum atomic E-state index is -0.629. The first-order chi connectivity index (χ1) is 10.6. The third kappa shape index (κ3) is 3.45. The van der Waals surface area contributed by atoms with Crippen LogP contribution < -0.4 is 4.90 Å². The first-order valence-electron chi connectivity index (χ1n) is 8.60. The van der Waals surface area contributed by atoms with Gasteiger partial charge in [0.05, 0.1) is 0 Å². The second kappa shape index (κ2) is 6.31. The van der Waals surface area contributed by atoms with Crippen molar-refractivity contribution in [3.05, 3.63) is 29.8 Å². The molecule has 2 fully saturated rings. The predicted octanol–water partition coefficient (Wildman–Crippen LogP) is 4.25. The zero-order valence-electron chi connectivity index (χ0n) is 13.6. The molecule has 2 aliphatic rings. The zero-order valence-corrected chi connectivity index (χ0v) is 13.6. The monoisotopic (exact) mass is 301 g/mol. The highest BCUT2D eigenvalue weighted by Crippen LogP contribution is 2.47. The lowest BCUT2D eigenvalue weighted by molar-refractivity contribution is -0.138. The summed E-state index contributed by atoms with van der Waals surface area (Å²) in [7, 11) is 0. The maximum Gasteiger partial charge on any atom is 0.303 e. The summed E-state index contributed by atoms with van der Waals surface area (Å²) in [6, 6.07) is 8.79. The average molecular weight is 301 g/mol. The van der Waals surface area contributed by atoms with Gasteiger partial charge in [-0.05, 0) is 74.5 Å². The van der Waals surface area contributed by atoms with Crippen molar-refractivity contribution in [3.8, 4) is 0 Å². The van der Waals surface area contributed by atoms with Crippen molar-refractivity contribution in [3.63, 3.8) is 0 Å². The number of nitrogens with zero attached hydrogens (tertiary/aromatic N) is 1. The molecule has 1 N–H and O–H groups in total. The van der Waals surface area contributed by atoms with Crippen molar-refractivity contribution in [1.29, 1.82) is 0 Å². The summed E-state index contributed by atoms with van der Waals surface area (Å²) in [5, 5.41) is 8.94. The minimum Gasteiger partial charge on any atom is -0.481 e. The number of anilines is 1. The smallest absolute Gasteiger partial charge is 0.303 e. The van der Waals surface area contributed by atoms with Crippen molar-refractivity contribution in [2.45, 2.75) is 51.9 Å². The van der Waals surface area contributed by atoms with Gasteiger partial charge in [0.15, 0.2) is 0 Å². The van der Waals surface area contributed by atoms with E-state index in [1.54, 1.807) is 0 Å². The van der Waals surface area contributed by atoms with Crippen LogP contribution in [0, 0.1) is 18.3 Å². The third-order valence-electron chi connectivity index (χ3n) is 5.82. The second-order valence-electron chi connectivity index (χ2n) is 7.37. The standard InChI is InChI=1S/C19H27NO2/c1-15-3-2-4-17(13-15)20-11-9-19(10-12-20)7-5-16(6-8-19)14-18(21)22/h2-4,13,16H,5-12,14H2,1H3,(H,21,22).